The molecule has 8 heteroatoms. The lowest BCUT2D eigenvalue weighted by Gasteiger charge is -2.17. The van der Waals surface area contributed by atoms with E-state index in [-0.39, 0.29) is 23.9 Å². The minimum absolute atomic E-state index is 0.0375. The van der Waals surface area contributed by atoms with E-state index in [1.165, 1.54) is 5.56 Å². The number of amides is 3. The maximum Gasteiger partial charge on any atom is 0.319 e. The molecule has 4 rings (SSSR count). The fourth-order valence-corrected chi connectivity index (χ4v) is 3.70. The van der Waals surface area contributed by atoms with E-state index < -0.39 is 0 Å². The van der Waals surface area contributed by atoms with Crippen LogP contribution in [0.2, 0.25) is 0 Å². The maximum absolute atomic E-state index is 12.6. The van der Waals surface area contributed by atoms with E-state index in [9.17, 15) is 9.59 Å². The molecule has 0 saturated carbocycles. The number of rotatable bonds is 5. The van der Waals surface area contributed by atoms with E-state index in [0.717, 1.165) is 16.8 Å². The van der Waals surface area contributed by atoms with Crippen LogP contribution >= 0.6 is 0 Å². The molecule has 0 aliphatic carbocycles. The molecule has 8 nitrogen and oxygen atoms in total. The van der Waals surface area contributed by atoms with Crippen LogP contribution in [0.4, 0.5) is 16.2 Å². The van der Waals surface area contributed by atoms with Crippen molar-refractivity contribution in [3.63, 3.8) is 0 Å². The van der Waals surface area contributed by atoms with E-state index in [1.54, 1.807) is 17.0 Å². The first-order valence-electron chi connectivity index (χ1n) is 10.7. The Balaban J connectivity index is 1.48. The SMILES string of the molecule is Cc1ccc(N2CC(c3nc(-c4cccc(NC(=O)NC(C)C)c4)no3)CC2=O)cc1C. The first kappa shape index (κ1) is 21.5. The largest absolute Gasteiger partial charge is 0.339 e. The molecule has 0 radical (unpaired) electrons. The van der Waals surface area contributed by atoms with Gasteiger partial charge in [0, 0.05) is 35.9 Å². The van der Waals surface area contributed by atoms with Gasteiger partial charge in [0.2, 0.25) is 17.6 Å². The molecule has 1 aliphatic rings. The second-order valence-electron chi connectivity index (χ2n) is 8.46. The van der Waals surface area contributed by atoms with Crippen LogP contribution in [0.25, 0.3) is 11.4 Å². The summed E-state index contributed by atoms with van der Waals surface area (Å²) >= 11 is 0. The summed E-state index contributed by atoms with van der Waals surface area (Å²) in [5.41, 5.74) is 4.58. The molecule has 1 fully saturated rings. The Labute approximate surface area is 187 Å². The molecule has 2 heterocycles. The Kier molecular flexibility index (Phi) is 5.94. The summed E-state index contributed by atoms with van der Waals surface area (Å²) in [5, 5.41) is 9.68. The quantitative estimate of drug-likeness (QED) is 0.621. The molecule has 3 amide bonds. The van der Waals surface area contributed by atoms with Crippen molar-refractivity contribution in [1.82, 2.24) is 15.5 Å². The van der Waals surface area contributed by atoms with Crippen LogP contribution in [0.5, 0.6) is 0 Å². The number of hydrogen-bond acceptors (Lipinski definition) is 5. The highest BCUT2D eigenvalue weighted by Gasteiger charge is 2.35. The smallest absolute Gasteiger partial charge is 0.319 e. The van der Waals surface area contributed by atoms with Crippen LogP contribution in [-0.4, -0.2) is 34.7 Å². The molecular formula is C24H27N5O3. The molecule has 1 unspecified atom stereocenters. The van der Waals surface area contributed by atoms with Crippen molar-refractivity contribution >= 4 is 23.3 Å². The molecule has 3 aromatic rings. The summed E-state index contributed by atoms with van der Waals surface area (Å²) in [4.78, 5) is 30.9. The molecule has 0 spiro atoms. The van der Waals surface area contributed by atoms with Gasteiger partial charge in [-0.05, 0) is 63.1 Å². The number of nitrogens with zero attached hydrogens (tertiary/aromatic N) is 3. The average molecular weight is 434 g/mol. The van der Waals surface area contributed by atoms with E-state index in [0.29, 0.717) is 30.4 Å². The van der Waals surface area contributed by atoms with E-state index in [4.69, 9.17) is 4.52 Å². The van der Waals surface area contributed by atoms with Crippen molar-refractivity contribution in [2.75, 3.05) is 16.8 Å². The monoisotopic (exact) mass is 433 g/mol. The Hall–Kier alpha value is -3.68. The molecule has 0 bridgehead atoms. The summed E-state index contributed by atoms with van der Waals surface area (Å²) < 4.78 is 5.51. The number of carbonyl (C=O) groups is 2. The molecular weight excluding hydrogens is 406 g/mol. The predicted molar refractivity (Wildman–Crippen MR) is 123 cm³/mol. The van der Waals surface area contributed by atoms with Crippen molar-refractivity contribution in [2.24, 2.45) is 0 Å². The number of aromatic nitrogens is 2. The van der Waals surface area contributed by atoms with Crippen molar-refractivity contribution < 1.29 is 14.1 Å². The highest BCUT2D eigenvalue weighted by Crippen LogP contribution is 2.33. The Morgan fingerprint density at radius 2 is 1.97 bits per heavy atom. The third-order valence-corrected chi connectivity index (χ3v) is 5.52. The minimum atomic E-state index is -0.276. The normalized spacial score (nSPS) is 16.0. The van der Waals surface area contributed by atoms with Crippen molar-refractivity contribution in [3.05, 3.63) is 59.5 Å². The van der Waals surface area contributed by atoms with Crippen LogP contribution in [0.15, 0.2) is 47.0 Å². The molecule has 1 aliphatic heterocycles. The van der Waals surface area contributed by atoms with Gasteiger partial charge in [-0.3, -0.25) is 4.79 Å². The zero-order valence-electron chi connectivity index (χ0n) is 18.7. The molecule has 1 aromatic heterocycles. The number of urea groups is 1. The fourth-order valence-electron chi connectivity index (χ4n) is 3.70. The number of hydrogen-bond donors (Lipinski definition) is 2. The van der Waals surface area contributed by atoms with E-state index in [1.807, 2.05) is 51.1 Å². The van der Waals surface area contributed by atoms with Gasteiger partial charge in [0.25, 0.3) is 0 Å². The highest BCUT2D eigenvalue weighted by atomic mass is 16.5. The van der Waals surface area contributed by atoms with Crippen molar-refractivity contribution in [3.8, 4) is 11.4 Å². The van der Waals surface area contributed by atoms with Crippen LogP contribution in [0.3, 0.4) is 0 Å². The van der Waals surface area contributed by atoms with Gasteiger partial charge in [0.1, 0.15) is 0 Å². The van der Waals surface area contributed by atoms with Crippen LogP contribution in [-0.2, 0) is 4.79 Å². The van der Waals surface area contributed by atoms with Gasteiger partial charge in [-0.15, -0.1) is 0 Å². The number of benzene rings is 2. The van der Waals surface area contributed by atoms with E-state index >= 15 is 0 Å². The van der Waals surface area contributed by atoms with Gasteiger partial charge in [-0.25, -0.2) is 4.79 Å². The fraction of sp³-hybridized carbons (Fsp3) is 0.333. The average Bonchev–Trinajstić information content (AvgIpc) is 3.37. The van der Waals surface area contributed by atoms with E-state index in [2.05, 4.69) is 27.7 Å². The van der Waals surface area contributed by atoms with Crippen LogP contribution < -0.4 is 15.5 Å². The molecule has 2 N–H and O–H groups in total. The predicted octanol–water partition coefficient (Wildman–Crippen LogP) is 4.40. The molecule has 1 atom stereocenters. The first-order valence-corrected chi connectivity index (χ1v) is 10.7. The third-order valence-electron chi connectivity index (χ3n) is 5.52. The standard InChI is InChI=1S/C24H27N5O3/c1-14(2)25-24(31)26-19-7-5-6-17(11-19)22-27-23(32-28-22)18-12-21(30)29(13-18)20-9-8-15(3)16(4)10-20/h5-11,14,18H,12-13H2,1-4H3,(H2,25,26,31). The summed E-state index contributed by atoms with van der Waals surface area (Å²) in [7, 11) is 0. The molecule has 2 aromatic carbocycles. The zero-order valence-corrected chi connectivity index (χ0v) is 18.7. The highest BCUT2D eigenvalue weighted by molar-refractivity contribution is 5.96. The summed E-state index contributed by atoms with van der Waals surface area (Å²) in [5.74, 6) is 0.740. The summed E-state index contributed by atoms with van der Waals surface area (Å²) in [6, 6.07) is 13.0. The first-order chi connectivity index (χ1) is 15.3. The number of aryl methyl sites for hydroxylation is 2. The van der Waals surface area contributed by atoms with Crippen molar-refractivity contribution in [2.45, 2.75) is 46.1 Å². The lowest BCUT2D eigenvalue weighted by molar-refractivity contribution is -0.117. The minimum Gasteiger partial charge on any atom is -0.339 e. The van der Waals surface area contributed by atoms with Crippen LogP contribution in [0.1, 0.15) is 43.2 Å². The van der Waals surface area contributed by atoms with Crippen LogP contribution in [0, 0.1) is 13.8 Å². The van der Waals surface area contributed by atoms with Gasteiger partial charge in [0.05, 0.1) is 5.92 Å². The Morgan fingerprint density at radius 3 is 2.72 bits per heavy atom. The van der Waals surface area contributed by atoms with Gasteiger partial charge in [-0.2, -0.15) is 4.98 Å². The van der Waals surface area contributed by atoms with Crippen molar-refractivity contribution in [1.29, 1.82) is 0 Å². The lowest BCUT2D eigenvalue weighted by Crippen LogP contribution is -2.34. The maximum atomic E-state index is 12.6. The second kappa shape index (κ2) is 8.82. The summed E-state index contributed by atoms with van der Waals surface area (Å²) in [6.45, 7) is 8.38. The molecule has 1 saturated heterocycles. The lowest BCUT2D eigenvalue weighted by atomic mass is 10.1. The molecule has 166 valence electrons. The van der Waals surface area contributed by atoms with Gasteiger partial charge in [0.15, 0.2) is 0 Å². The zero-order chi connectivity index (χ0) is 22.8. The van der Waals surface area contributed by atoms with Gasteiger partial charge < -0.3 is 20.1 Å². The third kappa shape index (κ3) is 4.64. The number of nitrogens with one attached hydrogen (secondary N) is 2. The topological polar surface area (TPSA) is 100 Å². The summed E-state index contributed by atoms with van der Waals surface area (Å²) in [6.07, 6.45) is 0.325. The Bertz CT molecular complexity index is 1150. The molecule has 32 heavy (non-hydrogen) atoms. The van der Waals surface area contributed by atoms with Gasteiger partial charge >= 0.3 is 6.03 Å². The number of carbonyl (C=O) groups excluding carboxylic acids is 2. The second-order valence-corrected chi connectivity index (χ2v) is 8.46. The van der Waals surface area contributed by atoms with Gasteiger partial charge in [-0.1, -0.05) is 23.4 Å². The Morgan fingerprint density at radius 1 is 1.16 bits per heavy atom. The number of anilines is 2.